The third-order valence-corrected chi connectivity index (χ3v) is 5.52. The number of hydrogen-bond donors (Lipinski definition) is 0. The first-order valence-electron chi connectivity index (χ1n) is 11.3. The van der Waals surface area contributed by atoms with Crippen LogP contribution >= 0.6 is 0 Å². The highest BCUT2D eigenvalue weighted by atomic mass is 16.6. The Hall–Kier alpha value is -2.57. The molecule has 31 heavy (non-hydrogen) atoms. The number of likely N-dealkylation sites (tertiary alicyclic amines) is 1. The number of nitrogens with zero attached hydrogens (tertiary/aromatic N) is 1. The van der Waals surface area contributed by atoms with Crippen molar-refractivity contribution in [3.8, 4) is 0 Å². The van der Waals surface area contributed by atoms with Gasteiger partial charge in [0, 0.05) is 19.5 Å². The Morgan fingerprint density at radius 2 is 1.74 bits per heavy atom. The van der Waals surface area contributed by atoms with Crippen LogP contribution in [0.3, 0.4) is 0 Å². The van der Waals surface area contributed by atoms with Crippen molar-refractivity contribution in [2.45, 2.75) is 71.5 Å². The van der Waals surface area contributed by atoms with Gasteiger partial charge in [0.25, 0.3) is 0 Å². The first-order chi connectivity index (χ1) is 15.0. The van der Waals surface area contributed by atoms with Gasteiger partial charge in [0.2, 0.25) is 0 Å². The summed E-state index contributed by atoms with van der Waals surface area (Å²) >= 11 is 0. The van der Waals surface area contributed by atoms with Crippen LogP contribution in [-0.4, -0.2) is 48.7 Å². The van der Waals surface area contributed by atoms with Crippen LogP contribution in [-0.2, 0) is 30.4 Å². The molecule has 1 aromatic carbocycles. The molecule has 0 N–H and O–H groups in total. The topological polar surface area (TPSA) is 82.1 Å². The van der Waals surface area contributed by atoms with Crippen molar-refractivity contribution in [2.75, 3.05) is 19.7 Å². The molecule has 172 valence electrons. The summed E-state index contributed by atoms with van der Waals surface area (Å²) in [5.74, 6) is -0.298. The van der Waals surface area contributed by atoms with Gasteiger partial charge in [-0.3, -0.25) is 4.79 Å². The highest BCUT2D eigenvalue weighted by Gasteiger charge is 2.25. The lowest BCUT2D eigenvalue weighted by Crippen LogP contribution is -2.38. The fourth-order valence-electron chi connectivity index (χ4n) is 3.68. The third kappa shape index (κ3) is 8.99. The fraction of sp³-hybridized carbons (Fsp3) is 0.625. The molecule has 1 saturated heterocycles. The maximum absolute atomic E-state index is 12.3. The monoisotopic (exact) mass is 433 g/mol. The molecule has 7 heteroatoms. The maximum Gasteiger partial charge on any atom is 0.410 e. The summed E-state index contributed by atoms with van der Waals surface area (Å²) in [6.07, 6.45) is 4.33. The summed E-state index contributed by atoms with van der Waals surface area (Å²) in [4.78, 5) is 37.6. The van der Waals surface area contributed by atoms with Gasteiger partial charge < -0.3 is 19.1 Å². The summed E-state index contributed by atoms with van der Waals surface area (Å²) < 4.78 is 15.7. The summed E-state index contributed by atoms with van der Waals surface area (Å²) in [5.41, 5.74) is 0.983. The van der Waals surface area contributed by atoms with Gasteiger partial charge in [-0.1, -0.05) is 50.1 Å². The van der Waals surface area contributed by atoms with Crippen LogP contribution in [0.4, 0.5) is 4.79 Å². The molecule has 2 rings (SSSR count). The molecule has 0 spiro atoms. The quantitative estimate of drug-likeness (QED) is 0.291. The summed E-state index contributed by atoms with van der Waals surface area (Å²) in [5, 5.41) is 0. The standard InChI is InChI=1S/C24H35NO6/c1-3-22(26)31-21(23(27)29-4-2)13-9-8-10-19-14-16-25(17-15-19)24(28)30-18-20-11-6-5-7-12-20/h5-7,11-12,19,21H,3-4,8-10,13-18H2,1-2H3. The number of hydrogen-bond acceptors (Lipinski definition) is 6. The number of esters is 2. The molecule has 1 amide bonds. The van der Waals surface area contributed by atoms with Crippen molar-refractivity contribution in [3.05, 3.63) is 35.9 Å². The molecule has 1 heterocycles. The summed E-state index contributed by atoms with van der Waals surface area (Å²) in [7, 11) is 0. The number of rotatable bonds is 11. The predicted octanol–water partition coefficient (Wildman–Crippen LogP) is 4.48. The largest absolute Gasteiger partial charge is 0.463 e. The fourth-order valence-corrected chi connectivity index (χ4v) is 3.68. The lowest BCUT2D eigenvalue weighted by Gasteiger charge is -2.31. The molecule has 0 aliphatic carbocycles. The average Bonchev–Trinajstić information content (AvgIpc) is 2.80. The van der Waals surface area contributed by atoms with Crippen molar-refractivity contribution >= 4 is 18.0 Å². The number of carbonyl (C=O) groups is 3. The van der Waals surface area contributed by atoms with Crippen LogP contribution in [0, 0.1) is 5.92 Å². The Labute approximate surface area is 185 Å². The minimum atomic E-state index is -0.811. The van der Waals surface area contributed by atoms with Crippen LogP contribution in [0.5, 0.6) is 0 Å². The molecule has 1 atom stereocenters. The first kappa shape index (κ1) is 24.7. The second kappa shape index (κ2) is 13.7. The molecular weight excluding hydrogens is 398 g/mol. The number of amides is 1. The minimum absolute atomic E-state index is 0.238. The molecule has 1 aliphatic rings. The van der Waals surface area contributed by atoms with Crippen molar-refractivity contribution in [2.24, 2.45) is 5.92 Å². The number of carbonyl (C=O) groups excluding carboxylic acids is 3. The average molecular weight is 434 g/mol. The molecule has 0 saturated carbocycles. The van der Waals surface area contributed by atoms with E-state index in [2.05, 4.69) is 0 Å². The van der Waals surface area contributed by atoms with Gasteiger partial charge in [-0.25, -0.2) is 9.59 Å². The Morgan fingerprint density at radius 3 is 2.39 bits per heavy atom. The van der Waals surface area contributed by atoms with Gasteiger partial charge in [-0.15, -0.1) is 0 Å². The molecule has 1 fully saturated rings. The molecule has 1 aromatic rings. The van der Waals surface area contributed by atoms with Crippen LogP contribution in [0.2, 0.25) is 0 Å². The van der Waals surface area contributed by atoms with Gasteiger partial charge in [0.05, 0.1) is 6.61 Å². The molecule has 0 radical (unpaired) electrons. The Balaban J connectivity index is 1.64. The van der Waals surface area contributed by atoms with Crippen LogP contribution in [0.15, 0.2) is 30.3 Å². The van der Waals surface area contributed by atoms with E-state index < -0.39 is 12.1 Å². The van der Waals surface area contributed by atoms with Gasteiger partial charge in [-0.2, -0.15) is 0 Å². The number of unbranched alkanes of at least 4 members (excludes halogenated alkanes) is 1. The van der Waals surface area contributed by atoms with Gasteiger partial charge in [0.1, 0.15) is 6.61 Å². The lowest BCUT2D eigenvalue weighted by atomic mass is 9.91. The Kier molecular flexibility index (Phi) is 10.9. The predicted molar refractivity (Wildman–Crippen MR) is 116 cm³/mol. The lowest BCUT2D eigenvalue weighted by molar-refractivity contribution is -0.168. The van der Waals surface area contributed by atoms with Crippen molar-refractivity contribution in [1.29, 1.82) is 0 Å². The van der Waals surface area contributed by atoms with Crippen LogP contribution in [0.25, 0.3) is 0 Å². The molecule has 0 bridgehead atoms. The minimum Gasteiger partial charge on any atom is -0.463 e. The zero-order valence-corrected chi connectivity index (χ0v) is 18.7. The zero-order chi connectivity index (χ0) is 22.5. The zero-order valence-electron chi connectivity index (χ0n) is 18.7. The number of piperidine rings is 1. The normalized spacial score (nSPS) is 15.2. The van der Waals surface area contributed by atoms with Crippen molar-refractivity contribution in [1.82, 2.24) is 4.90 Å². The van der Waals surface area contributed by atoms with E-state index in [-0.39, 0.29) is 25.1 Å². The second-order valence-electron chi connectivity index (χ2n) is 7.84. The van der Waals surface area contributed by atoms with Crippen molar-refractivity contribution < 1.29 is 28.6 Å². The van der Waals surface area contributed by atoms with Crippen LogP contribution < -0.4 is 0 Å². The highest BCUT2D eigenvalue weighted by Crippen LogP contribution is 2.24. The molecule has 1 unspecified atom stereocenters. The van der Waals surface area contributed by atoms with E-state index in [0.29, 0.717) is 32.0 Å². The van der Waals surface area contributed by atoms with E-state index in [9.17, 15) is 14.4 Å². The van der Waals surface area contributed by atoms with Gasteiger partial charge in [0.15, 0.2) is 6.10 Å². The van der Waals surface area contributed by atoms with Crippen LogP contribution in [0.1, 0.15) is 64.4 Å². The smallest absolute Gasteiger partial charge is 0.410 e. The number of benzene rings is 1. The molecular formula is C24H35NO6. The highest BCUT2D eigenvalue weighted by molar-refractivity contribution is 5.79. The Bertz CT molecular complexity index is 685. The molecule has 1 aliphatic heterocycles. The van der Waals surface area contributed by atoms with E-state index in [1.807, 2.05) is 30.3 Å². The van der Waals surface area contributed by atoms with E-state index in [0.717, 1.165) is 37.7 Å². The molecule has 0 aromatic heterocycles. The first-order valence-corrected chi connectivity index (χ1v) is 11.3. The maximum atomic E-state index is 12.3. The molecule has 7 nitrogen and oxygen atoms in total. The van der Waals surface area contributed by atoms with Crippen molar-refractivity contribution in [3.63, 3.8) is 0 Å². The van der Waals surface area contributed by atoms with Gasteiger partial charge in [-0.05, 0) is 44.1 Å². The second-order valence-corrected chi connectivity index (χ2v) is 7.84. The third-order valence-electron chi connectivity index (χ3n) is 5.52. The van der Waals surface area contributed by atoms with E-state index in [1.54, 1.807) is 18.7 Å². The van der Waals surface area contributed by atoms with E-state index in [1.165, 1.54) is 0 Å². The SMILES string of the molecule is CCOC(=O)C(CCCCC1CCN(C(=O)OCc2ccccc2)CC1)OC(=O)CC. The summed E-state index contributed by atoms with van der Waals surface area (Å²) in [6, 6.07) is 9.67. The van der Waals surface area contributed by atoms with Gasteiger partial charge >= 0.3 is 18.0 Å². The number of ether oxygens (including phenoxy) is 3. The Morgan fingerprint density at radius 1 is 1.03 bits per heavy atom. The van der Waals surface area contributed by atoms with E-state index >= 15 is 0 Å². The van der Waals surface area contributed by atoms with E-state index in [4.69, 9.17) is 14.2 Å². The summed E-state index contributed by atoms with van der Waals surface area (Å²) in [6.45, 7) is 5.42.